The number of benzene rings is 1. The highest BCUT2D eigenvalue weighted by molar-refractivity contribution is 8.00. The molecule has 0 saturated heterocycles. The van der Waals surface area contributed by atoms with Crippen LogP contribution in [0.15, 0.2) is 35.1 Å². The summed E-state index contributed by atoms with van der Waals surface area (Å²) >= 11 is 14.6. The van der Waals surface area contributed by atoms with Gasteiger partial charge in [-0.05, 0) is 19.1 Å². The minimum absolute atomic E-state index is 0.150. The molecule has 0 spiro atoms. The second-order valence-electron chi connectivity index (χ2n) is 5.14. The molecular formula is C15H13Cl2N5OS2. The van der Waals surface area contributed by atoms with Gasteiger partial charge < -0.3 is 9.88 Å². The molecule has 0 aliphatic rings. The molecule has 1 atom stereocenters. The molecule has 25 heavy (non-hydrogen) atoms. The standard InChI is InChI=1S/C15H13Cl2N5OS2/c1-8(25-15-21-18-7-22(15)2)13(23)20-14-19-12(6-24-14)9-3-4-10(16)11(17)5-9/h3-8H,1-2H3,(H,19,20,23)/t8-/m0/s1. The quantitative estimate of drug-likeness (QED) is 0.628. The molecule has 0 fully saturated rings. The van der Waals surface area contributed by atoms with Gasteiger partial charge in [-0.3, -0.25) is 4.79 Å². The minimum Gasteiger partial charge on any atom is -0.312 e. The number of aromatic nitrogens is 4. The Morgan fingerprint density at radius 2 is 2.16 bits per heavy atom. The van der Waals surface area contributed by atoms with Crippen molar-refractivity contribution in [3.63, 3.8) is 0 Å². The van der Waals surface area contributed by atoms with Crippen LogP contribution in [0.4, 0.5) is 5.13 Å². The van der Waals surface area contributed by atoms with Crippen LogP contribution in [0.2, 0.25) is 10.0 Å². The third kappa shape index (κ3) is 4.33. The van der Waals surface area contributed by atoms with Crippen LogP contribution in [0.5, 0.6) is 0 Å². The molecule has 1 N–H and O–H groups in total. The summed E-state index contributed by atoms with van der Waals surface area (Å²) in [4.78, 5) is 16.8. The number of thiazole rings is 1. The van der Waals surface area contributed by atoms with E-state index in [1.165, 1.54) is 23.1 Å². The average Bonchev–Trinajstić information content (AvgIpc) is 3.20. The highest BCUT2D eigenvalue weighted by Gasteiger charge is 2.18. The molecule has 1 aromatic carbocycles. The molecule has 0 bridgehead atoms. The lowest BCUT2D eigenvalue weighted by molar-refractivity contribution is -0.115. The monoisotopic (exact) mass is 413 g/mol. The summed E-state index contributed by atoms with van der Waals surface area (Å²) in [5, 5.41) is 14.3. The molecule has 2 heterocycles. The van der Waals surface area contributed by atoms with Crippen LogP contribution < -0.4 is 5.32 Å². The van der Waals surface area contributed by atoms with Crippen molar-refractivity contribution >= 4 is 57.3 Å². The first-order chi connectivity index (χ1) is 11.9. The van der Waals surface area contributed by atoms with E-state index < -0.39 is 0 Å². The highest BCUT2D eigenvalue weighted by atomic mass is 35.5. The van der Waals surface area contributed by atoms with E-state index in [2.05, 4.69) is 20.5 Å². The topological polar surface area (TPSA) is 72.7 Å². The number of anilines is 1. The number of aryl methyl sites for hydroxylation is 1. The molecule has 3 aromatic rings. The number of nitrogens with zero attached hydrogens (tertiary/aromatic N) is 4. The van der Waals surface area contributed by atoms with Gasteiger partial charge in [0.1, 0.15) is 6.33 Å². The zero-order valence-electron chi connectivity index (χ0n) is 13.2. The van der Waals surface area contributed by atoms with Crippen LogP contribution >= 0.6 is 46.3 Å². The number of carbonyl (C=O) groups is 1. The lowest BCUT2D eigenvalue weighted by Crippen LogP contribution is -2.22. The smallest absolute Gasteiger partial charge is 0.239 e. The summed E-state index contributed by atoms with van der Waals surface area (Å²) in [7, 11) is 1.83. The fraction of sp³-hybridized carbons (Fsp3) is 0.200. The second kappa shape index (κ2) is 7.74. The number of thioether (sulfide) groups is 1. The number of nitrogens with one attached hydrogen (secondary N) is 1. The number of hydrogen-bond acceptors (Lipinski definition) is 6. The van der Waals surface area contributed by atoms with Crippen LogP contribution in [-0.2, 0) is 11.8 Å². The summed E-state index contributed by atoms with van der Waals surface area (Å²) in [6.45, 7) is 1.81. The zero-order valence-corrected chi connectivity index (χ0v) is 16.4. The van der Waals surface area contributed by atoms with Crippen LogP contribution in [-0.4, -0.2) is 30.9 Å². The number of hydrogen-bond donors (Lipinski definition) is 1. The third-order valence-electron chi connectivity index (χ3n) is 3.27. The maximum atomic E-state index is 12.3. The Morgan fingerprint density at radius 3 is 2.84 bits per heavy atom. The third-order valence-corrected chi connectivity index (χ3v) is 5.92. The van der Waals surface area contributed by atoms with Gasteiger partial charge in [0.2, 0.25) is 5.91 Å². The fourth-order valence-corrected chi connectivity index (χ4v) is 3.73. The van der Waals surface area contributed by atoms with Gasteiger partial charge in [-0.2, -0.15) is 0 Å². The lowest BCUT2D eigenvalue weighted by Gasteiger charge is -2.09. The van der Waals surface area contributed by atoms with E-state index in [9.17, 15) is 4.79 Å². The van der Waals surface area contributed by atoms with Gasteiger partial charge in [0, 0.05) is 18.0 Å². The maximum Gasteiger partial charge on any atom is 0.239 e. The van der Waals surface area contributed by atoms with Gasteiger partial charge in [0.25, 0.3) is 0 Å². The van der Waals surface area contributed by atoms with Gasteiger partial charge in [0.15, 0.2) is 10.3 Å². The van der Waals surface area contributed by atoms with Gasteiger partial charge in [0.05, 0.1) is 21.0 Å². The highest BCUT2D eigenvalue weighted by Crippen LogP contribution is 2.31. The Labute approximate surface area is 162 Å². The van der Waals surface area contributed by atoms with Crippen molar-refractivity contribution < 1.29 is 4.79 Å². The largest absolute Gasteiger partial charge is 0.312 e. The summed E-state index contributed by atoms with van der Waals surface area (Å²) in [6, 6.07) is 5.30. The number of carbonyl (C=O) groups excluding carboxylic acids is 1. The molecule has 0 radical (unpaired) electrons. The summed E-state index contributed by atoms with van der Waals surface area (Å²) in [6.07, 6.45) is 1.59. The van der Waals surface area contributed by atoms with Crippen molar-refractivity contribution in [3.8, 4) is 11.3 Å². The van der Waals surface area contributed by atoms with Crippen molar-refractivity contribution in [2.24, 2.45) is 7.05 Å². The van der Waals surface area contributed by atoms with Crippen LogP contribution in [0.1, 0.15) is 6.92 Å². The molecule has 0 unspecified atom stereocenters. The van der Waals surface area contributed by atoms with E-state index in [-0.39, 0.29) is 11.2 Å². The Morgan fingerprint density at radius 1 is 1.36 bits per heavy atom. The Balaban J connectivity index is 1.67. The average molecular weight is 414 g/mol. The molecular weight excluding hydrogens is 401 g/mol. The molecule has 10 heteroatoms. The summed E-state index contributed by atoms with van der Waals surface area (Å²) < 4.78 is 1.76. The van der Waals surface area contributed by atoms with E-state index in [0.29, 0.717) is 20.3 Å². The molecule has 6 nitrogen and oxygen atoms in total. The molecule has 3 rings (SSSR count). The van der Waals surface area contributed by atoms with Gasteiger partial charge in [-0.25, -0.2) is 4.98 Å². The van der Waals surface area contributed by atoms with Crippen molar-refractivity contribution in [3.05, 3.63) is 40.0 Å². The number of amides is 1. The minimum atomic E-state index is -0.333. The van der Waals surface area contributed by atoms with Crippen molar-refractivity contribution in [2.75, 3.05) is 5.32 Å². The summed E-state index contributed by atoms with van der Waals surface area (Å²) in [5.74, 6) is -0.150. The van der Waals surface area contributed by atoms with Crippen LogP contribution in [0.25, 0.3) is 11.3 Å². The fourth-order valence-electron chi connectivity index (χ4n) is 1.92. The first-order valence-electron chi connectivity index (χ1n) is 7.16. The predicted molar refractivity (Wildman–Crippen MR) is 103 cm³/mol. The lowest BCUT2D eigenvalue weighted by atomic mass is 10.2. The SMILES string of the molecule is C[C@H](Sc1nncn1C)C(=O)Nc1nc(-c2ccc(Cl)c(Cl)c2)cs1. The van der Waals surface area contributed by atoms with E-state index in [0.717, 1.165) is 11.3 Å². The molecule has 130 valence electrons. The maximum absolute atomic E-state index is 12.3. The zero-order chi connectivity index (χ0) is 18.0. The first-order valence-corrected chi connectivity index (χ1v) is 9.68. The number of halogens is 2. The summed E-state index contributed by atoms with van der Waals surface area (Å²) in [5.41, 5.74) is 1.57. The molecule has 0 aliphatic carbocycles. The number of rotatable bonds is 5. The van der Waals surface area contributed by atoms with Crippen molar-refractivity contribution in [2.45, 2.75) is 17.3 Å². The van der Waals surface area contributed by atoms with Gasteiger partial charge in [-0.15, -0.1) is 21.5 Å². The van der Waals surface area contributed by atoms with E-state index in [4.69, 9.17) is 23.2 Å². The first kappa shape index (κ1) is 18.2. The van der Waals surface area contributed by atoms with Gasteiger partial charge >= 0.3 is 0 Å². The predicted octanol–water partition coefficient (Wildman–Crippen LogP) is 4.36. The van der Waals surface area contributed by atoms with E-state index in [1.807, 2.05) is 25.4 Å². The molecule has 0 aliphatic heterocycles. The van der Waals surface area contributed by atoms with Crippen molar-refractivity contribution in [1.29, 1.82) is 0 Å². The van der Waals surface area contributed by atoms with Gasteiger partial charge in [-0.1, -0.05) is 41.0 Å². The van der Waals surface area contributed by atoms with Crippen LogP contribution in [0.3, 0.4) is 0 Å². The van der Waals surface area contributed by atoms with E-state index >= 15 is 0 Å². The van der Waals surface area contributed by atoms with E-state index in [1.54, 1.807) is 23.0 Å². The van der Waals surface area contributed by atoms with Crippen LogP contribution in [0, 0.1) is 0 Å². The normalized spacial score (nSPS) is 12.2. The second-order valence-corrected chi connectivity index (χ2v) is 8.12. The molecule has 1 amide bonds. The Kier molecular flexibility index (Phi) is 5.63. The van der Waals surface area contributed by atoms with Crippen molar-refractivity contribution in [1.82, 2.24) is 19.7 Å². The molecule has 2 aromatic heterocycles. The molecule has 0 saturated carbocycles. The Bertz CT molecular complexity index is 911. The Hall–Kier alpha value is -1.61.